The number of rotatable bonds is 13. The van der Waals surface area contributed by atoms with Gasteiger partial charge in [-0.1, -0.05) is 23.3 Å². The molecular weight excluding hydrogens is 484 g/mol. The summed E-state index contributed by atoms with van der Waals surface area (Å²) in [5, 5.41) is 15.9. The molecule has 0 aliphatic heterocycles. The summed E-state index contributed by atoms with van der Waals surface area (Å²) in [5.41, 5.74) is 4.07. The summed E-state index contributed by atoms with van der Waals surface area (Å²) in [6.07, 6.45) is 1.88. The second-order valence-electron chi connectivity index (χ2n) is 8.76. The summed E-state index contributed by atoms with van der Waals surface area (Å²) in [6, 6.07) is 19.8. The molecule has 0 atom stereocenters. The van der Waals surface area contributed by atoms with Crippen LogP contribution in [0.25, 0.3) is 5.69 Å². The van der Waals surface area contributed by atoms with Crippen molar-refractivity contribution in [1.82, 2.24) is 25.1 Å². The van der Waals surface area contributed by atoms with Crippen LogP contribution in [0.1, 0.15) is 11.1 Å². The molecule has 0 bridgehead atoms. The zero-order valence-corrected chi connectivity index (χ0v) is 22.5. The largest absolute Gasteiger partial charge is 0.493 e. The molecule has 0 fully saturated rings. The van der Waals surface area contributed by atoms with Crippen LogP contribution in [0.3, 0.4) is 0 Å². The Morgan fingerprint density at radius 1 is 0.711 bits per heavy atom. The summed E-state index contributed by atoms with van der Waals surface area (Å²) in [4.78, 5) is 3.83. The predicted molar refractivity (Wildman–Crippen MR) is 146 cm³/mol. The summed E-state index contributed by atoms with van der Waals surface area (Å²) >= 11 is 0. The van der Waals surface area contributed by atoms with E-state index in [2.05, 4.69) is 50.9 Å². The molecule has 38 heavy (non-hydrogen) atoms. The van der Waals surface area contributed by atoms with Crippen molar-refractivity contribution in [2.45, 2.75) is 12.8 Å². The van der Waals surface area contributed by atoms with E-state index < -0.39 is 0 Å². The van der Waals surface area contributed by atoms with Crippen molar-refractivity contribution < 1.29 is 18.9 Å². The number of nitrogens with zero attached hydrogens (tertiary/aromatic N) is 5. The number of hydrogen-bond acceptors (Lipinski definition) is 9. The molecule has 4 rings (SSSR count). The zero-order valence-electron chi connectivity index (χ0n) is 22.5. The molecule has 4 aromatic rings. The highest BCUT2D eigenvalue weighted by Gasteiger charge is 2.10. The maximum atomic E-state index is 5.41. The molecule has 0 unspecified atom stereocenters. The second-order valence-corrected chi connectivity index (χ2v) is 8.76. The lowest BCUT2D eigenvalue weighted by Gasteiger charge is -2.17. The van der Waals surface area contributed by atoms with E-state index in [1.165, 1.54) is 15.9 Å². The van der Waals surface area contributed by atoms with Gasteiger partial charge in [0.05, 0.1) is 34.1 Å². The van der Waals surface area contributed by atoms with Gasteiger partial charge < -0.3 is 29.2 Å². The van der Waals surface area contributed by atoms with Crippen LogP contribution in [-0.4, -0.2) is 73.7 Å². The Kier molecular flexibility index (Phi) is 8.99. The molecule has 200 valence electrons. The molecule has 0 aliphatic rings. The van der Waals surface area contributed by atoms with Gasteiger partial charge in [0.15, 0.2) is 23.0 Å². The molecular formula is C28H34N6O4. The van der Waals surface area contributed by atoms with Crippen LogP contribution in [-0.2, 0) is 12.8 Å². The number of methoxy groups -OCH3 is 4. The first-order valence-corrected chi connectivity index (χ1v) is 12.3. The fraction of sp³-hybridized carbons (Fsp3) is 0.321. The van der Waals surface area contributed by atoms with Crippen LogP contribution in [0.2, 0.25) is 0 Å². The SMILES string of the molecule is COc1ccc(CCN(C)CCc2ccc(-n3nnc(Nc4ccc(OC)c(OC)c4)n3)cc2)cc1OC. The molecule has 0 aliphatic carbocycles. The van der Waals surface area contributed by atoms with Crippen LogP contribution < -0.4 is 24.3 Å². The highest BCUT2D eigenvalue weighted by molar-refractivity contribution is 5.59. The van der Waals surface area contributed by atoms with E-state index in [1.54, 1.807) is 28.4 Å². The first-order valence-electron chi connectivity index (χ1n) is 12.3. The highest BCUT2D eigenvalue weighted by atomic mass is 16.5. The van der Waals surface area contributed by atoms with E-state index in [0.717, 1.165) is 48.8 Å². The van der Waals surface area contributed by atoms with E-state index in [0.29, 0.717) is 17.4 Å². The van der Waals surface area contributed by atoms with Crippen molar-refractivity contribution in [3.05, 3.63) is 71.8 Å². The molecule has 0 spiro atoms. The normalized spacial score (nSPS) is 10.9. The van der Waals surface area contributed by atoms with E-state index >= 15 is 0 Å². The van der Waals surface area contributed by atoms with Gasteiger partial charge in [0, 0.05) is 24.8 Å². The van der Waals surface area contributed by atoms with Crippen molar-refractivity contribution in [1.29, 1.82) is 0 Å². The number of benzene rings is 3. The average Bonchev–Trinajstić information content (AvgIpc) is 3.43. The lowest BCUT2D eigenvalue weighted by molar-refractivity contribution is 0.340. The van der Waals surface area contributed by atoms with E-state index in [1.807, 2.05) is 42.5 Å². The van der Waals surface area contributed by atoms with Crippen molar-refractivity contribution in [3.8, 4) is 28.7 Å². The smallest absolute Gasteiger partial charge is 0.268 e. The maximum Gasteiger partial charge on any atom is 0.268 e. The topological polar surface area (TPSA) is 95.8 Å². The summed E-state index contributed by atoms with van der Waals surface area (Å²) < 4.78 is 21.4. The number of tetrazole rings is 1. The van der Waals surface area contributed by atoms with Crippen molar-refractivity contribution in [2.24, 2.45) is 0 Å². The molecule has 1 N–H and O–H groups in total. The van der Waals surface area contributed by atoms with Crippen LogP contribution in [0.4, 0.5) is 11.6 Å². The quantitative estimate of drug-likeness (QED) is 0.280. The molecule has 10 heteroatoms. The van der Waals surface area contributed by atoms with Crippen molar-refractivity contribution >= 4 is 11.6 Å². The maximum absolute atomic E-state index is 5.41. The molecule has 1 heterocycles. The van der Waals surface area contributed by atoms with E-state index in [-0.39, 0.29) is 0 Å². The number of aromatic nitrogens is 4. The summed E-state index contributed by atoms with van der Waals surface area (Å²) in [7, 11) is 8.65. The Labute approximate surface area is 223 Å². The minimum Gasteiger partial charge on any atom is -0.493 e. The second kappa shape index (κ2) is 12.8. The van der Waals surface area contributed by atoms with Gasteiger partial charge >= 0.3 is 0 Å². The van der Waals surface area contributed by atoms with Gasteiger partial charge in [-0.3, -0.25) is 0 Å². The third kappa shape index (κ3) is 6.71. The van der Waals surface area contributed by atoms with Gasteiger partial charge in [-0.15, -0.1) is 9.90 Å². The fourth-order valence-electron chi connectivity index (χ4n) is 4.00. The molecule has 1 aromatic heterocycles. The van der Waals surface area contributed by atoms with E-state index in [4.69, 9.17) is 18.9 Å². The zero-order chi connectivity index (χ0) is 26.9. The minimum absolute atomic E-state index is 0.386. The first kappa shape index (κ1) is 26.7. The first-order chi connectivity index (χ1) is 18.5. The number of hydrogen-bond donors (Lipinski definition) is 1. The predicted octanol–water partition coefficient (Wildman–Crippen LogP) is 4.16. The van der Waals surface area contributed by atoms with Gasteiger partial charge in [-0.25, -0.2) is 0 Å². The van der Waals surface area contributed by atoms with Crippen LogP contribution >= 0.6 is 0 Å². The van der Waals surface area contributed by atoms with Gasteiger partial charge in [-0.05, 0) is 72.6 Å². The average molecular weight is 519 g/mol. The Morgan fingerprint density at radius 3 is 1.95 bits per heavy atom. The number of nitrogens with one attached hydrogen (secondary N) is 1. The third-order valence-electron chi connectivity index (χ3n) is 6.23. The Hall–Kier alpha value is -4.31. The van der Waals surface area contributed by atoms with Gasteiger partial charge in [0.2, 0.25) is 0 Å². The van der Waals surface area contributed by atoms with Crippen LogP contribution in [0.5, 0.6) is 23.0 Å². The van der Waals surface area contributed by atoms with Gasteiger partial charge in [0.1, 0.15) is 0 Å². The summed E-state index contributed by atoms with van der Waals surface area (Å²) in [6.45, 7) is 1.90. The van der Waals surface area contributed by atoms with Crippen LogP contribution in [0.15, 0.2) is 60.7 Å². The van der Waals surface area contributed by atoms with Crippen molar-refractivity contribution in [2.75, 3.05) is 53.9 Å². The lowest BCUT2D eigenvalue weighted by Crippen LogP contribution is -2.23. The number of ether oxygens (including phenoxy) is 4. The monoisotopic (exact) mass is 518 g/mol. The minimum atomic E-state index is 0.386. The Morgan fingerprint density at radius 2 is 1.29 bits per heavy atom. The molecule has 10 nitrogen and oxygen atoms in total. The lowest BCUT2D eigenvalue weighted by atomic mass is 10.1. The standard InChI is InChI=1S/C28H34N6O4/c1-33(17-15-21-8-12-24(35-2)26(18-21)37-4)16-14-20-6-10-23(11-7-20)34-31-28(30-32-34)29-22-9-13-25(36-3)27(19-22)38-5/h6-13,18-19H,14-17H2,1-5H3,(H,29,31). The Bertz CT molecular complexity index is 1330. The number of anilines is 2. The third-order valence-corrected chi connectivity index (χ3v) is 6.23. The van der Waals surface area contributed by atoms with Crippen LogP contribution in [0, 0.1) is 0 Å². The van der Waals surface area contributed by atoms with E-state index in [9.17, 15) is 0 Å². The molecule has 0 saturated heterocycles. The molecule has 0 amide bonds. The number of likely N-dealkylation sites (N-methyl/N-ethyl adjacent to an activating group) is 1. The molecule has 0 saturated carbocycles. The fourth-order valence-corrected chi connectivity index (χ4v) is 4.00. The van der Waals surface area contributed by atoms with Gasteiger partial charge in [0.25, 0.3) is 5.95 Å². The highest BCUT2D eigenvalue weighted by Crippen LogP contribution is 2.30. The Balaban J connectivity index is 1.28. The summed E-state index contributed by atoms with van der Waals surface area (Å²) in [5.74, 6) is 3.17. The molecule has 3 aromatic carbocycles. The van der Waals surface area contributed by atoms with Crippen molar-refractivity contribution in [3.63, 3.8) is 0 Å². The molecule has 0 radical (unpaired) electrons. The van der Waals surface area contributed by atoms with Gasteiger partial charge in [-0.2, -0.15) is 0 Å².